The van der Waals surface area contributed by atoms with Crippen molar-refractivity contribution in [3.63, 3.8) is 0 Å². The van der Waals surface area contributed by atoms with Crippen molar-refractivity contribution in [2.45, 2.75) is 46.6 Å². The molecule has 2 aromatic heterocycles. The zero-order chi connectivity index (χ0) is 19.7. The van der Waals surface area contributed by atoms with Crippen molar-refractivity contribution in [3.05, 3.63) is 59.3 Å². The third-order valence-electron chi connectivity index (χ3n) is 5.82. The molecule has 0 radical (unpaired) electrons. The highest BCUT2D eigenvalue weighted by molar-refractivity contribution is 6.06. The number of fused-ring (bicyclic) bond motifs is 1. The maximum absolute atomic E-state index is 13.5. The highest BCUT2D eigenvalue weighted by Crippen LogP contribution is 2.25. The van der Waals surface area contributed by atoms with Crippen molar-refractivity contribution in [2.24, 2.45) is 5.92 Å². The topological polar surface area (TPSA) is 51.0 Å². The number of carbonyl (C=O) groups excluding carboxylic acids is 1. The number of amides is 1. The number of benzene rings is 1. The number of imidazole rings is 1. The Morgan fingerprint density at radius 2 is 2.11 bits per heavy atom. The van der Waals surface area contributed by atoms with Gasteiger partial charge in [-0.05, 0) is 62.8 Å². The molecule has 5 heteroatoms. The van der Waals surface area contributed by atoms with Crippen molar-refractivity contribution >= 4 is 16.8 Å². The van der Waals surface area contributed by atoms with Crippen molar-refractivity contribution in [1.29, 1.82) is 0 Å². The van der Waals surface area contributed by atoms with Gasteiger partial charge in [0.2, 0.25) is 0 Å². The number of hydrogen-bond donors (Lipinski definition) is 0. The maximum atomic E-state index is 13.5. The molecule has 0 saturated carbocycles. The first kappa shape index (κ1) is 18.7. The summed E-state index contributed by atoms with van der Waals surface area (Å²) in [6, 6.07) is 8.23. The summed E-state index contributed by atoms with van der Waals surface area (Å²) in [5.41, 5.74) is 3.82. The smallest absolute Gasteiger partial charge is 0.254 e. The minimum absolute atomic E-state index is 0.135. The van der Waals surface area contributed by atoms with E-state index in [-0.39, 0.29) is 5.91 Å². The molecule has 1 atom stereocenters. The van der Waals surface area contributed by atoms with E-state index in [0.717, 1.165) is 66.9 Å². The Balaban J connectivity index is 1.60. The molecule has 1 aliphatic rings. The average Bonchev–Trinajstić information content (AvgIpc) is 3.11. The van der Waals surface area contributed by atoms with Crippen LogP contribution in [0.5, 0.6) is 0 Å². The van der Waals surface area contributed by atoms with Gasteiger partial charge in [0, 0.05) is 43.1 Å². The van der Waals surface area contributed by atoms with E-state index < -0.39 is 0 Å². The minimum Gasteiger partial charge on any atom is -0.338 e. The predicted molar refractivity (Wildman–Crippen MR) is 111 cm³/mol. The lowest BCUT2D eigenvalue weighted by Crippen LogP contribution is -2.41. The van der Waals surface area contributed by atoms with Crippen molar-refractivity contribution in [1.82, 2.24) is 19.4 Å². The van der Waals surface area contributed by atoms with Gasteiger partial charge in [-0.2, -0.15) is 0 Å². The molecule has 0 N–H and O–H groups in total. The highest BCUT2D eigenvalue weighted by Gasteiger charge is 2.26. The Morgan fingerprint density at radius 3 is 2.86 bits per heavy atom. The lowest BCUT2D eigenvalue weighted by atomic mass is 9.96. The zero-order valence-corrected chi connectivity index (χ0v) is 17.0. The molecule has 1 amide bonds. The molecule has 3 heterocycles. The van der Waals surface area contributed by atoms with E-state index in [0.29, 0.717) is 5.92 Å². The van der Waals surface area contributed by atoms with Crippen molar-refractivity contribution in [2.75, 3.05) is 13.1 Å². The minimum atomic E-state index is 0.135. The molecule has 0 bridgehead atoms. The van der Waals surface area contributed by atoms with E-state index in [2.05, 4.69) is 33.6 Å². The first-order valence-electron chi connectivity index (χ1n) is 10.2. The van der Waals surface area contributed by atoms with Gasteiger partial charge in [-0.25, -0.2) is 4.98 Å². The Labute approximate surface area is 166 Å². The normalized spacial score (nSPS) is 17.2. The van der Waals surface area contributed by atoms with Gasteiger partial charge in [0.15, 0.2) is 0 Å². The van der Waals surface area contributed by atoms with E-state index in [9.17, 15) is 4.79 Å². The van der Waals surface area contributed by atoms with Crippen LogP contribution in [-0.2, 0) is 13.0 Å². The summed E-state index contributed by atoms with van der Waals surface area (Å²) in [4.78, 5) is 24.4. The van der Waals surface area contributed by atoms with Gasteiger partial charge < -0.3 is 9.47 Å². The number of aromatic nitrogens is 3. The van der Waals surface area contributed by atoms with Crippen LogP contribution < -0.4 is 0 Å². The summed E-state index contributed by atoms with van der Waals surface area (Å²) in [6.07, 6.45) is 7.03. The summed E-state index contributed by atoms with van der Waals surface area (Å²) in [7, 11) is 0. The molecule has 1 saturated heterocycles. The number of carbonyl (C=O) groups is 1. The van der Waals surface area contributed by atoms with Crippen LogP contribution in [0.2, 0.25) is 0 Å². The predicted octanol–water partition coefficient (Wildman–Crippen LogP) is 4.16. The highest BCUT2D eigenvalue weighted by atomic mass is 16.2. The lowest BCUT2D eigenvalue weighted by molar-refractivity contribution is 0.0664. The molecule has 1 fully saturated rings. The van der Waals surface area contributed by atoms with Crippen molar-refractivity contribution in [3.8, 4) is 0 Å². The van der Waals surface area contributed by atoms with Crippen LogP contribution in [-0.4, -0.2) is 38.4 Å². The van der Waals surface area contributed by atoms with Gasteiger partial charge in [0.1, 0.15) is 5.82 Å². The second-order valence-corrected chi connectivity index (χ2v) is 7.90. The molecule has 146 valence electrons. The fraction of sp³-hybridized carbons (Fsp3) is 0.435. The molecular weight excluding hydrogens is 348 g/mol. The number of pyridine rings is 1. The van der Waals surface area contributed by atoms with Gasteiger partial charge in [-0.1, -0.05) is 13.0 Å². The summed E-state index contributed by atoms with van der Waals surface area (Å²) in [5, 5.41) is 0.975. The summed E-state index contributed by atoms with van der Waals surface area (Å²) < 4.78 is 2.19. The Bertz CT molecular complexity index is 1010. The van der Waals surface area contributed by atoms with Crippen LogP contribution in [0.15, 0.2) is 36.7 Å². The molecule has 0 aliphatic carbocycles. The number of piperidine rings is 1. The Morgan fingerprint density at radius 1 is 1.25 bits per heavy atom. The van der Waals surface area contributed by atoms with Gasteiger partial charge in [-0.3, -0.25) is 9.78 Å². The molecule has 1 aliphatic heterocycles. The fourth-order valence-corrected chi connectivity index (χ4v) is 4.25. The van der Waals surface area contributed by atoms with E-state index in [4.69, 9.17) is 0 Å². The summed E-state index contributed by atoms with van der Waals surface area (Å²) in [5.74, 6) is 1.63. The number of hydrogen-bond acceptors (Lipinski definition) is 3. The molecule has 1 aromatic carbocycles. The van der Waals surface area contributed by atoms with Gasteiger partial charge in [0.25, 0.3) is 5.91 Å². The molecule has 4 rings (SSSR count). The summed E-state index contributed by atoms with van der Waals surface area (Å²) in [6.45, 7) is 8.68. The van der Waals surface area contributed by atoms with Crippen LogP contribution in [0.25, 0.3) is 10.9 Å². The lowest BCUT2D eigenvalue weighted by Gasteiger charge is -2.33. The molecule has 5 nitrogen and oxygen atoms in total. The van der Waals surface area contributed by atoms with E-state index in [1.54, 1.807) is 0 Å². The van der Waals surface area contributed by atoms with Gasteiger partial charge in [0.05, 0.1) is 11.1 Å². The number of likely N-dealkylation sites (tertiary alicyclic amines) is 1. The Hall–Kier alpha value is -2.69. The van der Waals surface area contributed by atoms with Crippen LogP contribution in [0.4, 0.5) is 0 Å². The third-order valence-corrected chi connectivity index (χ3v) is 5.82. The van der Waals surface area contributed by atoms with Crippen LogP contribution >= 0.6 is 0 Å². The number of rotatable bonds is 4. The van der Waals surface area contributed by atoms with E-state index >= 15 is 0 Å². The van der Waals surface area contributed by atoms with Crippen molar-refractivity contribution < 1.29 is 4.79 Å². The quantitative estimate of drug-likeness (QED) is 0.687. The largest absolute Gasteiger partial charge is 0.338 e. The van der Waals surface area contributed by atoms with Gasteiger partial charge >= 0.3 is 0 Å². The van der Waals surface area contributed by atoms with Crippen LogP contribution in [0.3, 0.4) is 0 Å². The molecule has 28 heavy (non-hydrogen) atoms. The third kappa shape index (κ3) is 3.66. The second-order valence-electron chi connectivity index (χ2n) is 7.90. The first-order valence-corrected chi connectivity index (χ1v) is 10.2. The number of aryl methyl sites for hydroxylation is 3. The molecule has 0 spiro atoms. The molecule has 3 aromatic rings. The molecule has 1 unspecified atom stereocenters. The summed E-state index contributed by atoms with van der Waals surface area (Å²) >= 11 is 0. The van der Waals surface area contributed by atoms with Crippen LogP contribution in [0, 0.1) is 19.8 Å². The average molecular weight is 377 g/mol. The monoisotopic (exact) mass is 376 g/mol. The van der Waals surface area contributed by atoms with E-state index in [1.807, 2.05) is 43.3 Å². The van der Waals surface area contributed by atoms with Crippen LogP contribution in [0.1, 0.15) is 47.2 Å². The second kappa shape index (κ2) is 7.74. The fourth-order valence-electron chi connectivity index (χ4n) is 4.25. The first-order chi connectivity index (χ1) is 13.5. The van der Waals surface area contributed by atoms with Gasteiger partial charge in [-0.15, -0.1) is 0 Å². The zero-order valence-electron chi connectivity index (χ0n) is 17.0. The SMILES string of the molecule is CCc1ccc2nc(C)cc(C(=O)N3CCCC(Cn4ccnc4C)C3)c2c1. The standard InChI is InChI=1S/C23H28N4O/c1-4-18-7-8-22-20(13-18)21(12-16(2)25-22)23(28)27-10-5-6-19(15-27)14-26-11-9-24-17(26)3/h7-9,11-13,19H,4-6,10,14-15H2,1-3H3. The van der Waals surface area contributed by atoms with E-state index in [1.165, 1.54) is 5.56 Å². The molecular formula is C23H28N4O. The maximum Gasteiger partial charge on any atom is 0.254 e. The Kier molecular flexibility index (Phi) is 5.16. The number of nitrogens with zero attached hydrogens (tertiary/aromatic N) is 4.